The van der Waals surface area contributed by atoms with Gasteiger partial charge in [-0.3, -0.25) is 0 Å². The topological polar surface area (TPSA) is 74.2 Å². The quantitative estimate of drug-likeness (QED) is 0.724. The summed E-state index contributed by atoms with van der Waals surface area (Å²) in [6.45, 7) is 3.46. The molecular formula is C10H19N3O2. The van der Waals surface area contributed by atoms with E-state index in [1.165, 1.54) is 0 Å². The maximum absolute atomic E-state index is 5.40. The summed E-state index contributed by atoms with van der Waals surface area (Å²) in [5.41, 5.74) is 5.40. The molecule has 1 atom stereocenters. The Morgan fingerprint density at radius 3 is 3.00 bits per heavy atom. The predicted molar refractivity (Wildman–Crippen MR) is 56.4 cm³/mol. The van der Waals surface area contributed by atoms with Gasteiger partial charge in [0.1, 0.15) is 0 Å². The van der Waals surface area contributed by atoms with E-state index in [0.29, 0.717) is 25.0 Å². The van der Waals surface area contributed by atoms with Crippen LogP contribution in [0.1, 0.15) is 25.1 Å². The van der Waals surface area contributed by atoms with Crippen LogP contribution in [0.25, 0.3) is 0 Å². The molecule has 1 unspecified atom stereocenters. The monoisotopic (exact) mass is 213 g/mol. The largest absolute Gasteiger partial charge is 0.384 e. The number of ether oxygens (including phenoxy) is 1. The molecule has 0 amide bonds. The van der Waals surface area contributed by atoms with E-state index < -0.39 is 0 Å². The average molecular weight is 213 g/mol. The Morgan fingerprint density at radius 1 is 1.53 bits per heavy atom. The molecule has 0 radical (unpaired) electrons. The first-order chi connectivity index (χ1) is 7.26. The average Bonchev–Trinajstić information content (AvgIpc) is 2.63. The Kier molecular flexibility index (Phi) is 5.28. The van der Waals surface area contributed by atoms with Crippen molar-refractivity contribution in [1.82, 2.24) is 10.1 Å². The maximum Gasteiger partial charge on any atom is 0.226 e. The van der Waals surface area contributed by atoms with E-state index in [1.807, 2.05) is 0 Å². The Labute approximate surface area is 90.0 Å². The van der Waals surface area contributed by atoms with E-state index in [0.717, 1.165) is 25.1 Å². The van der Waals surface area contributed by atoms with Crippen molar-refractivity contribution in [3.05, 3.63) is 11.7 Å². The lowest BCUT2D eigenvalue weighted by Gasteiger charge is -2.05. The molecule has 1 heterocycles. The van der Waals surface area contributed by atoms with Gasteiger partial charge in [0.05, 0.1) is 0 Å². The molecule has 0 bridgehead atoms. The summed E-state index contributed by atoms with van der Waals surface area (Å²) in [5, 5.41) is 3.88. The molecule has 1 aromatic rings. The van der Waals surface area contributed by atoms with Gasteiger partial charge in [0.2, 0.25) is 5.89 Å². The van der Waals surface area contributed by atoms with Gasteiger partial charge in [-0.2, -0.15) is 4.98 Å². The maximum atomic E-state index is 5.40. The lowest BCUT2D eigenvalue weighted by atomic mass is 10.1. The third-order valence-corrected chi connectivity index (χ3v) is 2.09. The number of hydrogen-bond donors (Lipinski definition) is 1. The van der Waals surface area contributed by atoms with Crippen molar-refractivity contribution in [2.45, 2.75) is 26.2 Å². The minimum atomic E-state index is 0.401. The van der Waals surface area contributed by atoms with Crippen LogP contribution in [0.5, 0.6) is 0 Å². The first kappa shape index (κ1) is 12.1. The van der Waals surface area contributed by atoms with Gasteiger partial charge < -0.3 is 15.0 Å². The number of aromatic nitrogens is 2. The van der Waals surface area contributed by atoms with Gasteiger partial charge >= 0.3 is 0 Å². The van der Waals surface area contributed by atoms with Crippen molar-refractivity contribution in [2.24, 2.45) is 11.7 Å². The Hall–Kier alpha value is -0.940. The molecule has 0 aromatic carbocycles. The fraction of sp³-hybridized carbons (Fsp3) is 0.800. The van der Waals surface area contributed by atoms with Crippen molar-refractivity contribution in [3.63, 3.8) is 0 Å². The molecule has 1 aromatic heterocycles. The van der Waals surface area contributed by atoms with Crippen LogP contribution in [-0.2, 0) is 17.6 Å². The van der Waals surface area contributed by atoms with Crippen LogP contribution >= 0.6 is 0 Å². The van der Waals surface area contributed by atoms with Gasteiger partial charge in [0.25, 0.3) is 0 Å². The molecule has 0 spiro atoms. The fourth-order valence-corrected chi connectivity index (χ4v) is 1.38. The van der Waals surface area contributed by atoms with Gasteiger partial charge in [0, 0.05) is 26.6 Å². The van der Waals surface area contributed by atoms with Crippen LogP contribution < -0.4 is 5.73 Å². The molecule has 5 heteroatoms. The molecule has 5 nitrogen and oxygen atoms in total. The van der Waals surface area contributed by atoms with Crippen LogP contribution in [0.4, 0.5) is 0 Å². The van der Waals surface area contributed by atoms with Gasteiger partial charge in [-0.25, -0.2) is 0 Å². The highest BCUT2D eigenvalue weighted by atomic mass is 16.5. The minimum absolute atomic E-state index is 0.401. The highest BCUT2D eigenvalue weighted by Gasteiger charge is 2.10. The van der Waals surface area contributed by atoms with E-state index in [4.69, 9.17) is 15.0 Å². The molecule has 0 saturated heterocycles. The van der Waals surface area contributed by atoms with E-state index >= 15 is 0 Å². The van der Waals surface area contributed by atoms with E-state index in [1.54, 1.807) is 7.11 Å². The summed E-state index contributed by atoms with van der Waals surface area (Å²) in [6.07, 6.45) is 2.45. The highest BCUT2D eigenvalue weighted by molar-refractivity contribution is 4.87. The summed E-state index contributed by atoms with van der Waals surface area (Å²) in [4.78, 5) is 4.28. The normalized spacial score (nSPS) is 13.0. The Morgan fingerprint density at radius 2 is 2.33 bits per heavy atom. The number of aryl methyl sites for hydroxylation is 1. The van der Waals surface area contributed by atoms with Crippen molar-refractivity contribution in [2.75, 3.05) is 20.3 Å². The molecule has 86 valence electrons. The fourth-order valence-electron chi connectivity index (χ4n) is 1.38. The van der Waals surface area contributed by atoms with Gasteiger partial charge in [0.15, 0.2) is 5.82 Å². The molecule has 1 rings (SSSR count). The van der Waals surface area contributed by atoms with Crippen molar-refractivity contribution in [1.29, 1.82) is 0 Å². The van der Waals surface area contributed by atoms with Crippen molar-refractivity contribution < 1.29 is 9.26 Å². The lowest BCUT2D eigenvalue weighted by molar-refractivity contribution is 0.155. The number of nitrogens with zero attached hydrogens (tertiary/aromatic N) is 2. The molecule has 0 aliphatic heterocycles. The third-order valence-electron chi connectivity index (χ3n) is 2.09. The molecule has 2 N–H and O–H groups in total. The van der Waals surface area contributed by atoms with Crippen molar-refractivity contribution >= 4 is 0 Å². The minimum Gasteiger partial charge on any atom is -0.384 e. The van der Waals surface area contributed by atoms with Gasteiger partial charge in [-0.05, 0) is 18.9 Å². The SMILES string of the molecule is COCC(C)Cc1nc(CCCN)no1. The number of nitrogens with two attached hydrogens (primary N) is 1. The molecule has 15 heavy (non-hydrogen) atoms. The standard InChI is InChI=1S/C10H19N3O2/c1-8(7-14-2)6-10-12-9(13-15-10)4-3-5-11/h8H,3-7,11H2,1-2H3. The molecule has 0 aliphatic carbocycles. The summed E-state index contributed by atoms with van der Waals surface area (Å²) in [5.74, 6) is 1.84. The molecule has 0 saturated carbocycles. The van der Waals surface area contributed by atoms with Crippen LogP contribution in [-0.4, -0.2) is 30.4 Å². The van der Waals surface area contributed by atoms with E-state index in [9.17, 15) is 0 Å². The van der Waals surface area contributed by atoms with E-state index in [2.05, 4.69) is 17.1 Å². The first-order valence-electron chi connectivity index (χ1n) is 5.26. The zero-order chi connectivity index (χ0) is 11.1. The zero-order valence-electron chi connectivity index (χ0n) is 9.40. The zero-order valence-corrected chi connectivity index (χ0v) is 9.40. The predicted octanol–water partition coefficient (Wildman–Crippen LogP) is 0.786. The van der Waals surface area contributed by atoms with Crippen LogP contribution in [0.15, 0.2) is 4.52 Å². The second-order valence-corrected chi connectivity index (χ2v) is 3.76. The molecular weight excluding hydrogens is 194 g/mol. The first-order valence-corrected chi connectivity index (χ1v) is 5.26. The summed E-state index contributed by atoms with van der Waals surface area (Å²) in [7, 11) is 1.69. The Bertz CT molecular complexity index is 275. The molecule has 0 fully saturated rings. The summed E-state index contributed by atoms with van der Waals surface area (Å²) in [6, 6.07) is 0. The van der Waals surface area contributed by atoms with Gasteiger partial charge in [-0.1, -0.05) is 12.1 Å². The molecule has 0 aliphatic rings. The van der Waals surface area contributed by atoms with Crippen molar-refractivity contribution in [3.8, 4) is 0 Å². The summed E-state index contributed by atoms with van der Waals surface area (Å²) >= 11 is 0. The van der Waals surface area contributed by atoms with Gasteiger partial charge in [-0.15, -0.1) is 0 Å². The third kappa shape index (κ3) is 4.40. The second kappa shape index (κ2) is 6.53. The number of rotatable bonds is 7. The van der Waals surface area contributed by atoms with Crippen LogP contribution in [0.2, 0.25) is 0 Å². The van der Waals surface area contributed by atoms with E-state index in [-0.39, 0.29) is 0 Å². The lowest BCUT2D eigenvalue weighted by Crippen LogP contribution is -2.07. The van der Waals surface area contributed by atoms with Crippen LogP contribution in [0, 0.1) is 5.92 Å². The highest BCUT2D eigenvalue weighted by Crippen LogP contribution is 2.07. The summed E-state index contributed by atoms with van der Waals surface area (Å²) < 4.78 is 10.2. The Balaban J connectivity index is 2.38. The number of methoxy groups -OCH3 is 1. The number of hydrogen-bond acceptors (Lipinski definition) is 5. The second-order valence-electron chi connectivity index (χ2n) is 3.76. The smallest absolute Gasteiger partial charge is 0.226 e. The van der Waals surface area contributed by atoms with Crippen LogP contribution in [0.3, 0.4) is 0 Å².